The molecule has 1 atom stereocenters. The minimum atomic E-state index is -4.64. The van der Waals surface area contributed by atoms with E-state index in [1.165, 1.54) is 7.05 Å². The van der Waals surface area contributed by atoms with Crippen molar-refractivity contribution in [3.63, 3.8) is 0 Å². The molecule has 0 aliphatic carbocycles. The lowest BCUT2D eigenvalue weighted by molar-refractivity contribution is -0.137. The highest BCUT2D eigenvalue weighted by molar-refractivity contribution is 7.11. The topological polar surface area (TPSA) is 24.9 Å². The maximum absolute atomic E-state index is 13.7. The molecule has 0 aliphatic heterocycles. The van der Waals surface area contributed by atoms with Crippen LogP contribution in [0.1, 0.15) is 21.5 Å². The Morgan fingerprint density at radius 1 is 1.14 bits per heavy atom. The van der Waals surface area contributed by atoms with Crippen molar-refractivity contribution in [2.45, 2.75) is 12.2 Å². The molecular weight excluding hydrogens is 318 g/mol. The van der Waals surface area contributed by atoms with Crippen molar-refractivity contribution in [3.05, 3.63) is 51.2 Å². The van der Waals surface area contributed by atoms with Crippen molar-refractivity contribution in [1.29, 1.82) is 0 Å². The molecule has 0 fully saturated rings. The maximum Gasteiger partial charge on any atom is 0.443 e. The fraction of sp³-hybridized carbons (Fsp3) is 0.250. The third-order valence-electron chi connectivity index (χ3n) is 2.67. The second kappa shape index (κ2) is 5.64. The fourth-order valence-electron chi connectivity index (χ4n) is 1.81. The number of nitrogens with zero attached hydrogens (tertiary/aromatic N) is 1. The molecule has 1 unspecified atom stereocenters. The molecule has 1 N–H and O–H groups in total. The highest BCUT2D eigenvalue weighted by atomic mass is 32.1. The van der Waals surface area contributed by atoms with Crippen molar-refractivity contribution in [1.82, 2.24) is 10.3 Å². The van der Waals surface area contributed by atoms with Crippen molar-refractivity contribution in [2.75, 3.05) is 7.05 Å². The van der Waals surface area contributed by atoms with Gasteiger partial charge < -0.3 is 5.32 Å². The second-order valence-corrected chi connectivity index (χ2v) is 5.13. The lowest BCUT2D eigenvalue weighted by Crippen LogP contribution is -2.19. The Morgan fingerprint density at radius 2 is 1.71 bits per heavy atom. The van der Waals surface area contributed by atoms with E-state index < -0.39 is 40.2 Å². The summed E-state index contributed by atoms with van der Waals surface area (Å²) in [4.78, 5) is 3.16. The van der Waals surface area contributed by atoms with E-state index in [1.54, 1.807) is 0 Å². The molecule has 1 aromatic carbocycles. The first-order valence-corrected chi connectivity index (χ1v) is 6.40. The molecule has 0 saturated heterocycles. The predicted molar refractivity (Wildman–Crippen MR) is 64.3 cm³/mol. The number of benzene rings is 1. The molecular formula is C12H8F6N2S. The van der Waals surface area contributed by atoms with Gasteiger partial charge in [-0.05, 0) is 7.05 Å². The zero-order chi connectivity index (χ0) is 15.8. The Bertz CT molecular complexity index is 628. The molecule has 2 aromatic rings. The smallest absolute Gasteiger partial charge is 0.308 e. The summed E-state index contributed by atoms with van der Waals surface area (Å²) in [7, 11) is 1.32. The minimum Gasteiger partial charge on any atom is -0.308 e. The monoisotopic (exact) mass is 326 g/mol. The molecule has 2 nitrogen and oxygen atoms in total. The van der Waals surface area contributed by atoms with Crippen LogP contribution in [0.15, 0.2) is 18.3 Å². The SMILES string of the molecule is CNC(c1cnc(C(F)(F)F)s1)c1c(F)cc(F)cc1F. The molecule has 21 heavy (non-hydrogen) atoms. The van der Waals surface area contributed by atoms with Gasteiger partial charge in [0, 0.05) is 28.8 Å². The molecule has 0 bridgehead atoms. The van der Waals surface area contributed by atoms with Gasteiger partial charge in [-0.3, -0.25) is 0 Å². The number of rotatable bonds is 3. The van der Waals surface area contributed by atoms with Crippen LogP contribution in [0.4, 0.5) is 26.3 Å². The van der Waals surface area contributed by atoms with Gasteiger partial charge in [0.15, 0.2) is 5.01 Å². The molecule has 0 radical (unpaired) electrons. The maximum atomic E-state index is 13.7. The van der Waals surface area contributed by atoms with E-state index in [2.05, 4.69) is 10.3 Å². The number of hydrogen-bond acceptors (Lipinski definition) is 3. The Kier molecular flexibility index (Phi) is 4.24. The molecule has 1 aromatic heterocycles. The molecule has 114 valence electrons. The van der Waals surface area contributed by atoms with Crippen LogP contribution in [0, 0.1) is 17.5 Å². The summed E-state index contributed by atoms with van der Waals surface area (Å²) >= 11 is 0.263. The van der Waals surface area contributed by atoms with Crippen LogP contribution in [0.25, 0.3) is 0 Å². The van der Waals surface area contributed by atoms with Crippen molar-refractivity contribution in [2.24, 2.45) is 0 Å². The first-order valence-electron chi connectivity index (χ1n) is 5.58. The zero-order valence-electron chi connectivity index (χ0n) is 10.4. The van der Waals surface area contributed by atoms with Crippen molar-refractivity contribution >= 4 is 11.3 Å². The van der Waals surface area contributed by atoms with E-state index in [1.807, 2.05) is 0 Å². The van der Waals surface area contributed by atoms with Gasteiger partial charge in [0.05, 0.1) is 6.04 Å². The van der Waals surface area contributed by atoms with Crippen LogP contribution < -0.4 is 5.32 Å². The van der Waals surface area contributed by atoms with Crippen LogP contribution in [0.3, 0.4) is 0 Å². The van der Waals surface area contributed by atoms with Crippen LogP contribution in [0.2, 0.25) is 0 Å². The quantitative estimate of drug-likeness (QED) is 0.866. The fourth-order valence-corrected chi connectivity index (χ4v) is 2.71. The average Bonchev–Trinajstić information content (AvgIpc) is 2.82. The van der Waals surface area contributed by atoms with Gasteiger partial charge in [0.25, 0.3) is 0 Å². The number of nitrogens with one attached hydrogen (secondary N) is 1. The van der Waals surface area contributed by atoms with E-state index in [9.17, 15) is 26.3 Å². The van der Waals surface area contributed by atoms with E-state index in [0.717, 1.165) is 6.20 Å². The number of hydrogen-bond donors (Lipinski definition) is 1. The van der Waals surface area contributed by atoms with E-state index in [0.29, 0.717) is 12.1 Å². The predicted octanol–water partition coefficient (Wildman–Crippen LogP) is 3.89. The lowest BCUT2D eigenvalue weighted by Gasteiger charge is -2.16. The Hall–Kier alpha value is -1.61. The highest BCUT2D eigenvalue weighted by Gasteiger charge is 2.36. The molecule has 9 heteroatoms. The second-order valence-electron chi connectivity index (χ2n) is 4.07. The Morgan fingerprint density at radius 3 is 2.14 bits per heavy atom. The zero-order valence-corrected chi connectivity index (χ0v) is 11.2. The summed E-state index contributed by atoms with van der Waals surface area (Å²) in [5, 5.41) is 1.38. The van der Waals surface area contributed by atoms with Gasteiger partial charge in [-0.15, -0.1) is 11.3 Å². The highest BCUT2D eigenvalue weighted by Crippen LogP contribution is 2.37. The Labute approximate surface area is 119 Å². The van der Waals surface area contributed by atoms with Gasteiger partial charge in [0.1, 0.15) is 17.5 Å². The number of thiazole rings is 1. The van der Waals surface area contributed by atoms with E-state index in [-0.39, 0.29) is 16.2 Å². The molecule has 0 saturated carbocycles. The number of aromatic nitrogens is 1. The van der Waals surface area contributed by atoms with Gasteiger partial charge in [-0.1, -0.05) is 0 Å². The molecule has 2 rings (SSSR count). The van der Waals surface area contributed by atoms with Gasteiger partial charge in [0.2, 0.25) is 0 Å². The number of halogens is 6. The van der Waals surface area contributed by atoms with Gasteiger partial charge in [-0.2, -0.15) is 13.2 Å². The first-order chi connectivity index (χ1) is 9.74. The summed E-state index contributed by atoms with van der Waals surface area (Å²) in [6.07, 6.45) is -3.75. The Balaban J connectivity index is 2.48. The minimum absolute atomic E-state index is 0.0331. The first kappa shape index (κ1) is 15.8. The summed E-state index contributed by atoms with van der Waals surface area (Å²) in [6, 6.07) is -0.262. The third kappa shape index (κ3) is 3.18. The molecule has 0 amide bonds. The molecule has 0 spiro atoms. The van der Waals surface area contributed by atoms with Crippen LogP contribution in [-0.2, 0) is 6.18 Å². The van der Waals surface area contributed by atoms with Crippen LogP contribution in [0.5, 0.6) is 0 Å². The summed E-state index contributed by atoms with van der Waals surface area (Å²) in [6.45, 7) is 0. The molecule has 0 aliphatic rings. The van der Waals surface area contributed by atoms with Crippen molar-refractivity contribution in [3.8, 4) is 0 Å². The summed E-state index contributed by atoms with van der Waals surface area (Å²) in [5.74, 6) is -3.48. The standard InChI is InChI=1S/C12H8F6N2S/c1-19-10(8-4-20-11(21-8)12(16,17)18)9-6(14)2-5(13)3-7(9)15/h2-4,10,19H,1H3. The third-order valence-corrected chi connectivity index (χ3v) is 3.78. The van der Waals surface area contributed by atoms with E-state index >= 15 is 0 Å². The lowest BCUT2D eigenvalue weighted by atomic mass is 10.0. The summed E-state index contributed by atoms with van der Waals surface area (Å²) in [5.41, 5.74) is -0.559. The normalized spacial score (nSPS) is 13.5. The average molecular weight is 326 g/mol. The van der Waals surface area contributed by atoms with Crippen LogP contribution in [-0.4, -0.2) is 12.0 Å². The summed E-state index contributed by atoms with van der Waals surface area (Å²) < 4.78 is 77.8. The van der Waals surface area contributed by atoms with E-state index in [4.69, 9.17) is 0 Å². The van der Waals surface area contributed by atoms with Crippen molar-refractivity contribution < 1.29 is 26.3 Å². The largest absolute Gasteiger partial charge is 0.443 e. The van der Waals surface area contributed by atoms with Gasteiger partial charge >= 0.3 is 6.18 Å². The van der Waals surface area contributed by atoms with Gasteiger partial charge in [-0.25, -0.2) is 18.2 Å². The molecule has 1 heterocycles. The number of alkyl halides is 3. The van der Waals surface area contributed by atoms with Crippen LogP contribution >= 0.6 is 11.3 Å².